The second-order valence-corrected chi connectivity index (χ2v) is 10.1. The highest BCUT2D eigenvalue weighted by Gasteiger charge is 2.43. The Labute approximate surface area is 190 Å². The number of H-pyrrole nitrogens is 1. The molecule has 2 saturated carbocycles. The molecule has 2 fully saturated rings. The highest BCUT2D eigenvalue weighted by molar-refractivity contribution is 5.70. The first-order valence-electron chi connectivity index (χ1n) is 12.6. The predicted octanol–water partition coefficient (Wildman–Crippen LogP) is 2.52. The largest absolute Gasteiger partial charge is 0.336 e. The fourth-order valence-corrected chi connectivity index (χ4v) is 5.97. The molecule has 8 heteroatoms. The quantitative estimate of drug-likeness (QED) is 0.550. The van der Waals surface area contributed by atoms with Crippen LogP contribution in [-0.2, 0) is 13.1 Å². The average molecular weight is 445 g/mol. The molecule has 0 amide bonds. The normalized spacial score (nSPS) is 25.3. The molecule has 0 aromatic carbocycles. The summed E-state index contributed by atoms with van der Waals surface area (Å²) in [5.41, 5.74) is 0.588. The van der Waals surface area contributed by atoms with E-state index in [2.05, 4.69) is 29.3 Å². The Morgan fingerprint density at radius 1 is 1.06 bits per heavy atom. The molecule has 0 saturated heterocycles. The fourth-order valence-electron chi connectivity index (χ4n) is 5.97. The number of hydrogen-bond acceptors (Lipinski definition) is 5. The highest BCUT2D eigenvalue weighted by atomic mass is 16.2. The van der Waals surface area contributed by atoms with Gasteiger partial charge in [0.15, 0.2) is 5.65 Å². The van der Waals surface area contributed by atoms with Gasteiger partial charge in [-0.25, -0.2) is 9.78 Å². The number of imidazole rings is 1. The maximum absolute atomic E-state index is 13.0. The van der Waals surface area contributed by atoms with Crippen LogP contribution >= 0.6 is 0 Å². The van der Waals surface area contributed by atoms with Crippen LogP contribution in [0.2, 0.25) is 0 Å². The Kier molecular flexibility index (Phi) is 7.20. The van der Waals surface area contributed by atoms with Gasteiger partial charge in [0.05, 0.1) is 0 Å². The van der Waals surface area contributed by atoms with Gasteiger partial charge in [-0.05, 0) is 84.0 Å². The first-order valence-corrected chi connectivity index (χ1v) is 12.6. The maximum atomic E-state index is 13.0. The summed E-state index contributed by atoms with van der Waals surface area (Å²) in [5, 5.41) is 3.85. The van der Waals surface area contributed by atoms with Crippen LogP contribution in [0.3, 0.4) is 0 Å². The van der Waals surface area contributed by atoms with E-state index < -0.39 is 0 Å². The number of nitrogens with zero attached hydrogens (tertiary/aromatic N) is 4. The minimum atomic E-state index is -0.227. The second kappa shape index (κ2) is 9.91. The molecule has 0 radical (unpaired) electrons. The van der Waals surface area contributed by atoms with E-state index in [1.54, 1.807) is 4.57 Å². The van der Waals surface area contributed by atoms with Gasteiger partial charge in [-0.2, -0.15) is 0 Å². The van der Waals surface area contributed by atoms with Crippen LogP contribution in [0.5, 0.6) is 0 Å². The number of fused-ring (bicyclic) bond motifs is 3. The summed E-state index contributed by atoms with van der Waals surface area (Å²) in [5.74, 6) is 2.57. The van der Waals surface area contributed by atoms with Crippen LogP contribution in [0.4, 0.5) is 0 Å². The number of hydrogen-bond donors (Lipinski definition) is 2. The minimum Gasteiger partial charge on any atom is -0.336 e. The van der Waals surface area contributed by atoms with Gasteiger partial charge in [0.2, 0.25) is 0 Å². The number of rotatable bonds is 10. The third-order valence-corrected chi connectivity index (χ3v) is 7.42. The van der Waals surface area contributed by atoms with Gasteiger partial charge in [-0.1, -0.05) is 13.8 Å². The van der Waals surface area contributed by atoms with Crippen molar-refractivity contribution in [2.24, 2.45) is 11.8 Å². The van der Waals surface area contributed by atoms with Crippen LogP contribution in [0.1, 0.15) is 70.5 Å². The molecule has 2 bridgehead atoms. The zero-order valence-electron chi connectivity index (χ0n) is 20.2. The van der Waals surface area contributed by atoms with Crippen molar-refractivity contribution in [2.75, 3.05) is 27.2 Å². The van der Waals surface area contributed by atoms with Crippen molar-refractivity contribution in [3.63, 3.8) is 0 Å². The summed E-state index contributed by atoms with van der Waals surface area (Å²) >= 11 is 0. The van der Waals surface area contributed by atoms with E-state index in [1.165, 1.54) is 23.8 Å². The topological polar surface area (TPSA) is 87.9 Å². The number of aryl methyl sites for hydroxylation is 1. The molecule has 2 aromatic heterocycles. The number of aromatic amines is 1. The Bertz CT molecular complexity index is 1020. The van der Waals surface area contributed by atoms with Gasteiger partial charge in [0, 0.05) is 25.0 Å². The molecule has 2 atom stereocenters. The van der Waals surface area contributed by atoms with E-state index in [1.807, 2.05) is 13.8 Å². The molecule has 0 aliphatic heterocycles. The van der Waals surface area contributed by atoms with E-state index in [0.717, 1.165) is 44.6 Å². The molecule has 4 rings (SSSR count). The van der Waals surface area contributed by atoms with Crippen LogP contribution in [0.25, 0.3) is 11.2 Å². The zero-order chi connectivity index (χ0) is 22.8. The minimum absolute atomic E-state index is 0.225. The summed E-state index contributed by atoms with van der Waals surface area (Å²) in [7, 11) is 4.25. The summed E-state index contributed by atoms with van der Waals surface area (Å²) in [4.78, 5) is 36.5. The van der Waals surface area contributed by atoms with Crippen LogP contribution in [0, 0.1) is 11.8 Å². The average Bonchev–Trinajstić information content (AvgIpc) is 3.30. The van der Waals surface area contributed by atoms with Gasteiger partial charge < -0.3 is 15.2 Å². The molecule has 2 aliphatic carbocycles. The monoisotopic (exact) mass is 444 g/mol. The molecule has 2 aromatic rings. The molecular weight excluding hydrogens is 404 g/mol. The van der Waals surface area contributed by atoms with Crippen LogP contribution in [-0.4, -0.2) is 57.2 Å². The Morgan fingerprint density at radius 3 is 2.34 bits per heavy atom. The molecular formula is C24H40N6O2. The number of nitrogens with one attached hydrogen (secondary N) is 2. The summed E-state index contributed by atoms with van der Waals surface area (Å²) in [6.45, 7) is 7.25. The molecule has 2 aliphatic rings. The van der Waals surface area contributed by atoms with E-state index >= 15 is 0 Å². The lowest BCUT2D eigenvalue weighted by Gasteiger charge is -2.35. The molecule has 32 heavy (non-hydrogen) atoms. The number of aromatic nitrogens is 4. The van der Waals surface area contributed by atoms with E-state index in [0.29, 0.717) is 48.0 Å². The van der Waals surface area contributed by atoms with Gasteiger partial charge in [0.25, 0.3) is 5.56 Å². The molecule has 178 valence electrons. The van der Waals surface area contributed by atoms with E-state index in [4.69, 9.17) is 4.98 Å². The lowest BCUT2D eigenvalue weighted by Crippen LogP contribution is -2.42. The summed E-state index contributed by atoms with van der Waals surface area (Å²) in [6, 6.07) is 0.609. The predicted molar refractivity (Wildman–Crippen MR) is 128 cm³/mol. The Morgan fingerprint density at radius 2 is 1.72 bits per heavy atom. The van der Waals surface area contributed by atoms with Gasteiger partial charge >= 0.3 is 5.69 Å². The summed E-state index contributed by atoms with van der Waals surface area (Å²) in [6.07, 6.45) is 7.51. The van der Waals surface area contributed by atoms with Crippen molar-refractivity contribution in [3.05, 3.63) is 26.7 Å². The van der Waals surface area contributed by atoms with E-state index in [-0.39, 0.29) is 11.2 Å². The Balaban J connectivity index is 1.56. The van der Waals surface area contributed by atoms with E-state index in [9.17, 15) is 9.59 Å². The van der Waals surface area contributed by atoms with Gasteiger partial charge in [0.1, 0.15) is 11.3 Å². The van der Waals surface area contributed by atoms with Gasteiger partial charge in [-0.15, -0.1) is 0 Å². The highest BCUT2D eigenvalue weighted by Crippen LogP contribution is 2.48. The lowest BCUT2D eigenvalue weighted by molar-refractivity contribution is 0.225. The zero-order valence-corrected chi connectivity index (χ0v) is 20.2. The molecule has 2 unspecified atom stereocenters. The summed E-state index contributed by atoms with van der Waals surface area (Å²) < 4.78 is 3.07. The molecule has 0 spiro atoms. The van der Waals surface area contributed by atoms with Crippen molar-refractivity contribution >= 4 is 11.2 Å². The fraction of sp³-hybridized carbons (Fsp3) is 0.792. The van der Waals surface area contributed by atoms with Crippen molar-refractivity contribution in [1.82, 2.24) is 29.3 Å². The van der Waals surface area contributed by atoms with Crippen LogP contribution < -0.4 is 16.6 Å². The molecule has 2 heterocycles. The maximum Gasteiger partial charge on any atom is 0.332 e. The van der Waals surface area contributed by atoms with Crippen molar-refractivity contribution in [1.29, 1.82) is 0 Å². The molecule has 2 N–H and O–H groups in total. The van der Waals surface area contributed by atoms with Crippen molar-refractivity contribution in [2.45, 2.75) is 83.8 Å². The molecule has 8 nitrogen and oxygen atoms in total. The smallest absolute Gasteiger partial charge is 0.332 e. The third kappa shape index (κ3) is 4.44. The SMILES string of the molecule is CCCn1c(=O)c2[nH]c(C3CC4CCC(C3)C4NCCCN(C)C)nc2n(CCC)c1=O. The third-order valence-electron chi connectivity index (χ3n) is 7.42. The van der Waals surface area contributed by atoms with Crippen molar-refractivity contribution in [3.8, 4) is 0 Å². The first kappa shape index (κ1) is 23.2. The van der Waals surface area contributed by atoms with Crippen LogP contribution in [0.15, 0.2) is 9.59 Å². The first-order chi connectivity index (χ1) is 15.4. The second-order valence-electron chi connectivity index (χ2n) is 10.1. The lowest BCUT2D eigenvalue weighted by atomic mass is 9.77. The Hall–Kier alpha value is -1.93. The van der Waals surface area contributed by atoms with Crippen molar-refractivity contribution < 1.29 is 0 Å². The van der Waals surface area contributed by atoms with Gasteiger partial charge in [-0.3, -0.25) is 13.9 Å². The standard InChI is InChI=1S/C24H40N6O2/c1-5-11-29-22-20(23(31)30(12-6-2)24(29)32)26-21(27-22)18-14-16-8-9-17(15-18)19(16)25-10-7-13-28(3)4/h16-19,25H,5-15H2,1-4H3,(H,26,27).